The van der Waals surface area contributed by atoms with Gasteiger partial charge in [0, 0.05) is 27.8 Å². The average molecular weight is 385 g/mol. The van der Waals surface area contributed by atoms with Crippen molar-refractivity contribution in [2.75, 3.05) is 0 Å². The van der Waals surface area contributed by atoms with E-state index < -0.39 is 0 Å². The molecule has 96 valence electrons. The Kier molecular flexibility index (Phi) is 3.23. The maximum atomic E-state index is 11.0. The Morgan fingerprint density at radius 2 is 2.21 bits per heavy atom. The molecule has 0 unspecified atom stereocenters. The van der Waals surface area contributed by atoms with Crippen molar-refractivity contribution < 1.29 is 4.92 Å². The summed E-state index contributed by atoms with van der Waals surface area (Å²) < 4.78 is 2.87. The number of aromatic nitrogens is 2. The quantitative estimate of drug-likeness (QED) is 0.297. The Morgan fingerprint density at radius 1 is 1.42 bits per heavy atom. The van der Waals surface area contributed by atoms with Crippen LogP contribution in [0.1, 0.15) is 5.69 Å². The fourth-order valence-corrected chi connectivity index (χ4v) is 3.66. The fraction of sp³-hybridized carbons (Fsp3) is 0.0833. The highest BCUT2D eigenvalue weighted by Crippen LogP contribution is 2.30. The second-order valence-corrected chi connectivity index (χ2v) is 5.51. The number of nitro groups is 1. The lowest BCUT2D eigenvalue weighted by molar-refractivity contribution is -0.384. The van der Waals surface area contributed by atoms with Gasteiger partial charge in [-0.2, -0.15) is 0 Å². The molecule has 0 aliphatic carbocycles. The van der Waals surface area contributed by atoms with Gasteiger partial charge in [0.05, 0.1) is 16.2 Å². The largest absolute Gasteiger partial charge is 0.293 e. The monoisotopic (exact) mass is 385 g/mol. The van der Waals surface area contributed by atoms with E-state index in [1.165, 1.54) is 6.07 Å². The maximum absolute atomic E-state index is 11.0. The summed E-state index contributed by atoms with van der Waals surface area (Å²) in [5.41, 5.74) is 2.44. The zero-order valence-electron chi connectivity index (χ0n) is 9.62. The number of para-hydroxylation sites is 1. The molecule has 1 aromatic carbocycles. The van der Waals surface area contributed by atoms with Gasteiger partial charge in [0.25, 0.3) is 5.69 Å². The Hall–Kier alpha value is -1.48. The number of halogens is 1. The predicted octanol–water partition coefficient (Wildman–Crippen LogP) is 3.91. The first-order valence-corrected chi connectivity index (χ1v) is 7.86. The molecule has 19 heavy (non-hydrogen) atoms. The molecule has 0 aliphatic heterocycles. The summed E-state index contributed by atoms with van der Waals surface area (Å²) in [4.78, 5) is 16.0. The van der Waals surface area contributed by atoms with E-state index in [1.54, 1.807) is 29.5 Å². The number of alkyl halides is 1. The molecular weight excluding hydrogens is 377 g/mol. The van der Waals surface area contributed by atoms with E-state index in [-0.39, 0.29) is 10.6 Å². The standard InChI is InChI=1S/C12H8IN3O2S/c13-5-8-7-19-12-14-10(6-15(8)12)9-3-1-2-4-11(9)16(17)18/h1-4,6-7H,5H2. The third-order valence-corrected chi connectivity index (χ3v) is 4.47. The lowest BCUT2D eigenvalue weighted by atomic mass is 10.1. The summed E-state index contributed by atoms with van der Waals surface area (Å²) in [6, 6.07) is 6.68. The summed E-state index contributed by atoms with van der Waals surface area (Å²) >= 11 is 3.83. The molecule has 0 fully saturated rings. The number of hydrogen-bond acceptors (Lipinski definition) is 4. The molecule has 0 saturated heterocycles. The van der Waals surface area contributed by atoms with Crippen LogP contribution >= 0.6 is 33.9 Å². The van der Waals surface area contributed by atoms with Crippen molar-refractivity contribution in [3.05, 3.63) is 51.7 Å². The minimum Gasteiger partial charge on any atom is -0.293 e. The first-order valence-electron chi connectivity index (χ1n) is 5.46. The van der Waals surface area contributed by atoms with Gasteiger partial charge in [0.15, 0.2) is 4.96 Å². The van der Waals surface area contributed by atoms with Crippen LogP contribution in [0, 0.1) is 10.1 Å². The van der Waals surface area contributed by atoms with Crippen LogP contribution in [0.5, 0.6) is 0 Å². The van der Waals surface area contributed by atoms with Crippen LogP contribution in [-0.4, -0.2) is 14.3 Å². The predicted molar refractivity (Wildman–Crippen MR) is 82.9 cm³/mol. The van der Waals surface area contributed by atoms with Crippen LogP contribution < -0.4 is 0 Å². The number of fused-ring (bicyclic) bond motifs is 1. The molecule has 0 amide bonds. The van der Waals surface area contributed by atoms with Gasteiger partial charge in [-0.1, -0.05) is 34.7 Å². The van der Waals surface area contributed by atoms with Crippen molar-refractivity contribution in [3.8, 4) is 11.3 Å². The van der Waals surface area contributed by atoms with Gasteiger partial charge >= 0.3 is 0 Å². The van der Waals surface area contributed by atoms with Crippen molar-refractivity contribution in [1.82, 2.24) is 9.38 Å². The topological polar surface area (TPSA) is 60.4 Å². The van der Waals surface area contributed by atoms with E-state index in [0.29, 0.717) is 11.3 Å². The van der Waals surface area contributed by atoms with E-state index >= 15 is 0 Å². The Morgan fingerprint density at radius 3 is 2.95 bits per heavy atom. The summed E-state index contributed by atoms with van der Waals surface area (Å²) in [5.74, 6) is 0. The number of imidazole rings is 1. The highest BCUT2D eigenvalue weighted by atomic mass is 127. The van der Waals surface area contributed by atoms with Gasteiger partial charge in [-0.25, -0.2) is 4.98 Å². The van der Waals surface area contributed by atoms with E-state index in [9.17, 15) is 10.1 Å². The highest BCUT2D eigenvalue weighted by Gasteiger charge is 2.17. The molecule has 3 rings (SSSR count). The number of hydrogen-bond donors (Lipinski definition) is 0. The lowest BCUT2D eigenvalue weighted by Gasteiger charge is -1.98. The van der Waals surface area contributed by atoms with Gasteiger partial charge in [-0.05, 0) is 6.07 Å². The van der Waals surface area contributed by atoms with Crippen molar-refractivity contribution >= 4 is 44.6 Å². The van der Waals surface area contributed by atoms with Gasteiger partial charge in [-0.15, -0.1) is 11.3 Å². The minimum absolute atomic E-state index is 0.0873. The molecule has 7 heteroatoms. The van der Waals surface area contributed by atoms with Crippen LogP contribution in [0.3, 0.4) is 0 Å². The third-order valence-electron chi connectivity index (χ3n) is 2.80. The number of thiazole rings is 1. The SMILES string of the molecule is O=[N+]([O-])c1ccccc1-c1cn2c(CI)csc2n1. The Labute approximate surface area is 126 Å². The van der Waals surface area contributed by atoms with Crippen LogP contribution in [0.25, 0.3) is 16.2 Å². The second-order valence-electron chi connectivity index (χ2n) is 3.91. The van der Waals surface area contributed by atoms with Gasteiger partial charge < -0.3 is 0 Å². The van der Waals surface area contributed by atoms with Crippen LogP contribution in [0.15, 0.2) is 35.8 Å². The summed E-state index contributed by atoms with van der Waals surface area (Å²) in [6.07, 6.45) is 1.86. The van der Waals surface area contributed by atoms with E-state index in [4.69, 9.17) is 0 Å². The molecule has 0 saturated carbocycles. The van der Waals surface area contributed by atoms with E-state index in [0.717, 1.165) is 15.1 Å². The first kappa shape index (κ1) is 12.5. The normalized spacial score (nSPS) is 11.0. The molecule has 2 heterocycles. The minimum atomic E-state index is -0.373. The smallest absolute Gasteiger partial charge is 0.278 e. The molecule has 0 atom stereocenters. The molecule has 0 radical (unpaired) electrons. The summed E-state index contributed by atoms with van der Waals surface area (Å²) in [7, 11) is 0. The summed E-state index contributed by atoms with van der Waals surface area (Å²) in [6.45, 7) is 0. The number of nitro benzene ring substituents is 1. The molecule has 0 N–H and O–H groups in total. The Balaban J connectivity index is 2.19. The van der Waals surface area contributed by atoms with Gasteiger partial charge in [0.1, 0.15) is 0 Å². The number of benzene rings is 1. The zero-order valence-corrected chi connectivity index (χ0v) is 12.6. The number of nitrogens with zero attached hydrogens (tertiary/aromatic N) is 3. The van der Waals surface area contributed by atoms with Gasteiger partial charge in [0.2, 0.25) is 0 Å². The van der Waals surface area contributed by atoms with Crippen LogP contribution in [-0.2, 0) is 4.43 Å². The molecule has 0 spiro atoms. The van der Waals surface area contributed by atoms with E-state index in [1.807, 2.05) is 10.6 Å². The zero-order chi connectivity index (χ0) is 13.4. The molecule has 2 aromatic heterocycles. The third kappa shape index (κ3) is 2.12. The summed E-state index contributed by atoms with van der Waals surface area (Å²) in [5, 5.41) is 13.1. The first-order chi connectivity index (χ1) is 9.20. The molecule has 3 aromatic rings. The van der Waals surface area contributed by atoms with Crippen molar-refractivity contribution in [1.29, 1.82) is 0 Å². The van der Waals surface area contributed by atoms with Crippen LogP contribution in [0.4, 0.5) is 5.69 Å². The number of rotatable bonds is 3. The van der Waals surface area contributed by atoms with Crippen molar-refractivity contribution in [2.24, 2.45) is 0 Å². The van der Waals surface area contributed by atoms with Gasteiger partial charge in [-0.3, -0.25) is 14.5 Å². The second kappa shape index (κ2) is 4.89. The average Bonchev–Trinajstić information content (AvgIpc) is 2.98. The van der Waals surface area contributed by atoms with Crippen molar-refractivity contribution in [2.45, 2.75) is 4.43 Å². The highest BCUT2D eigenvalue weighted by molar-refractivity contribution is 14.1. The Bertz CT molecular complexity index is 765. The maximum Gasteiger partial charge on any atom is 0.278 e. The molecular formula is C12H8IN3O2S. The van der Waals surface area contributed by atoms with E-state index in [2.05, 4.69) is 33.0 Å². The van der Waals surface area contributed by atoms with Crippen LogP contribution in [0.2, 0.25) is 0 Å². The van der Waals surface area contributed by atoms with Crippen molar-refractivity contribution in [3.63, 3.8) is 0 Å². The molecule has 5 nitrogen and oxygen atoms in total. The molecule has 0 bridgehead atoms. The fourth-order valence-electron chi connectivity index (χ4n) is 1.90. The molecule has 0 aliphatic rings. The lowest BCUT2D eigenvalue weighted by Crippen LogP contribution is -1.91.